The SMILES string of the molecule is Cc1ccc(C(NN)C2CN3CCN2CC3)cn1. The van der Waals surface area contributed by atoms with E-state index >= 15 is 0 Å². The van der Waals surface area contributed by atoms with E-state index in [1.165, 1.54) is 18.7 Å². The molecule has 4 heterocycles. The lowest BCUT2D eigenvalue weighted by Gasteiger charge is -2.50. The maximum absolute atomic E-state index is 5.78. The molecule has 3 N–H and O–H groups in total. The number of piperazine rings is 3. The van der Waals surface area contributed by atoms with E-state index in [4.69, 9.17) is 5.84 Å². The van der Waals surface area contributed by atoms with Gasteiger partial charge in [-0.3, -0.25) is 26.1 Å². The van der Waals surface area contributed by atoms with Gasteiger partial charge in [-0.25, -0.2) is 0 Å². The van der Waals surface area contributed by atoms with Crippen LogP contribution in [0, 0.1) is 6.92 Å². The van der Waals surface area contributed by atoms with Crippen molar-refractivity contribution in [3.63, 3.8) is 0 Å². The van der Waals surface area contributed by atoms with Crippen LogP contribution >= 0.6 is 0 Å². The maximum Gasteiger partial charge on any atom is 0.0642 e. The highest BCUT2D eigenvalue weighted by atomic mass is 15.4. The van der Waals surface area contributed by atoms with Crippen LogP contribution in [0.1, 0.15) is 17.3 Å². The molecule has 18 heavy (non-hydrogen) atoms. The molecule has 4 rings (SSSR count). The van der Waals surface area contributed by atoms with Crippen molar-refractivity contribution < 1.29 is 0 Å². The monoisotopic (exact) mass is 247 g/mol. The summed E-state index contributed by atoms with van der Waals surface area (Å²) in [4.78, 5) is 9.45. The summed E-state index contributed by atoms with van der Waals surface area (Å²) >= 11 is 0. The number of nitrogens with zero attached hydrogens (tertiary/aromatic N) is 3. The van der Waals surface area contributed by atoms with Crippen LogP contribution < -0.4 is 11.3 Å². The molecule has 1 aromatic heterocycles. The third-order valence-corrected chi connectivity index (χ3v) is 4.18. The molecule has 0 radical (unpaired) electrons. The highest BCUT2D eigenvalue weighted by Gasteiger charge is 2.37. The second kappa shape index (κ2) is 4.93. The number of hydrazine groups is 1. The number of pyridine rings is 1. The molecule has 5 heteroatoms. The summed E-state index contributed by atoms with van der Waals surface area (Å²) in [5.74, 6) is 5.78. The third kappa shape index (κ3) is 2.14. The van der Waals surface area contributed by atoms with E-state index in [1.54, 1.807) is 0 Å². The first-order chi connectivity index (χ1) is 8.78. The summed E-state index contributed by atoms with van der Waals surface area (Å²) in [5, 5.41) is 0. The van der Waals surface area contributed by atoms with Crippen LogP contribution in [0.2, 0.25) is 0 Å². The van der Waals surface area contributed by atoms with Gasteiger partial charge in [0.05, 0.1) is 6.04 Å². The highest BCUT2D eigenvalue weighted by Crippen LogP contribution is 2.26. The maximum atomic E-state index is 5.78. The number of fused-ring (bicyclic) bond motifs is 3. The number of rotatable bonds is 3. The molecule has 98 valence electrons. The lowest BCUT2D eigenvalue weighted by atomic mass is 9.95. The Labute approximate surface area is 108 Å². The Hall–Kier alpha value is -1.01. The molecule has 3 fully saturated rings. The number of aryl methyl sites for hydroxylation is 1. The van der Waals surface area contributed by atoms with Gasteiger partial charge in [-0.05, 0) is 18.6 Å². The molecule has 0 aliphatic carbocycles. The first kappa shape index (κ1) is 12.0. The average Bonchev–Trinajstić information content (AvgIpc) is 2.43. The lowest BCUT2D eigenvalue weighted by molar-refractivity contribution is -0.00374. The van der Waals surface area contributed by atoms with Crippen LogP contribution in [-0.2, 0) is 0 Å². The fraction of sp³-hybridized carbons (Fsp3) is 0.615. The fourth-order valence-electron chi connectivity index (χ4n) is 3.07. The summed E-state index contributed by atoms with van der Waals surface area (Å²) in [5.41, 5.74) is 5.21. The molecule has 3 saturated heterocycles. The van der Waals surface area contributed by atoms with Gasteiger partial charge in [0.2, 0.25) is 0 Å². The van der Waals surface area contributed by atoms with Crippen LogP contribution in [0.4, 0.5) is 0 Å². The van der Waals surface area contributed by atoms with Crippen molar-refractivity contribution in [2.75, 3.05) is 32.7 Å². The van der Waals surface area contributed by atoms with Gasteiger partial charge in [0.15, 0.2) is 0 Å². The summed E-state index contributed by atoms with van der Waals surface area (Å²) in [7, 11) is 0. The standard InChI is InChI=1S/C13H21N5/c1-10-2-3-11(8-15-10)13(16-14)12-9-17-4-6-18(12)7-5-17/h2-3,8,12-13,16H,4-7,9,14H2,1H3. The molecule has 0 spiro atoms. The summed E-state index contributed by atoms with van der Waals surface area (Å²) in [6.45, 7) is 7.80. The van der Waals surface area contributed by atoms with E-state index in [1.807, 2.05) is 13.1 Å². The largest absolute Gasteiger partial charge is 0.299 e. The molecule has 1 aromatic rings. The molecule has 5 nitrogen and oxygen atoms in total. The Morgan fingerprint density at radius 1 is 1.33 bits per heavy atom. The average molecular weight is 247 g/mol. The van der Waals surface area contributed by atoms with E-state index in [0.29, 0.717) is 6.04 Å². The van der Waals surface area contributed by atoms with Gasteiger partial charge in [0.25, 0.3) is 0 Å². The molecule has 0 amide bonds. The number of nitrogens with two attached hydrogens (primary N) is 1. The molecule has 2 atom stereocenters. The zero-order chi connectivity index (χ0) is 12.5. The second-order valence-electron chi connectivity index (χ2n) is 5.28. The Kier molecular flexibility index (Phi) is 3.30. The van der Waals surface area contributed by atoms with E-state index < -0.39 is 0 Å². The minimum absolute atomic E-state index is 0.168. The zero-order valence-electron chi connectivity index (χ0n) is 10.8. The van der Waals surface area contributed by atoms with Crippen LogP contribution in [0.3, 0.4) is 0 Å². The Balaban J connectivity index is 1.81. The molecule has 3 aliphatic rings. The van der Waals surface area contributed by atoms with Gasteiger partial charge in [-0.2, -0.15) is 0 Å². The Morgan fingerprint density at radius 2 is 2.11 bits per heavy atom. The predicted octanol–water partition coefficient (Wildman–Crippen LogP) is -0.106. The minimum atomic E-state index is 0.168. The summed E-state index contributed by atoms with van der Waals surface area (Å²) in [6.07, 6.45) is 1.94. The number of nitrogens with one attached hydrogen (secondary N) is 1. The van der Waals surface area contributed by atoms with Crippen LogP contribution in [0.15, 0.2) is 18.3 Å². The molecule has 3 aliphatic heterocycles. The van der Waals surface area contributed by atoms with Crippen LogP contribution in [-0.4, -0.2) is 53.5 Å². The predicted molar refractivity (Wildman–Crippen MR) is 70.8 cm³/mol. The zero-order valence-corrected chi connectivity index (χ0v) is 10.8. The van der Waals surface area contributed by atoms with Crippen molar-refractivity contribution in [3.05, 3.63) is 29.6 Å². The fourth-order valence-corrected chi connectivity index (χ4v) is 3.07. The molecular formula is C13H21N5. The normalized spacial score (nSPS) is 32.4. The Bertz CT molecular complexity index is 396. The topological polar surface area (TPSA) is 57.4 Å². The van der Waals surface area contributed by atoms with Gasteiger partial charge in [0, 0.05) is 50.7 Å². The molecule has 0 saturated carbocycles. The minimum Gasteiger partial charge on any atom is -0.299 e. The first-order valence-corrected chi connectivity index (χ1v) is 6.63. The molecular weight excluding hydrogens is 226 g/mol. The van der Waals surface area contributed by atoms with Crippen molar-refractivity contribution in [2.24, 2.45) is 5.84 Å². The van der Waals surface area contributed by atoms with Crippen LogP contribution in [0.5, 0.6) is 0 Å². The smallest absolute Gasteiger partial charge is 0.0642 e. The van der Waals surface area contributed by atoms with E-state index in [0.717, 1.165) is 25.3 Å². The number of hydrogen-bond acceptors (Lipinski definition) is 5. The highest BCUT2D eigenvalue weighted by molar-refractivity contribution is 5.20. The van der Waals surface area contributed by atoms with Gasteiger partial charge in [-0.15, -0.1) is 0 Å². The van der Waals surface area contributed by atoms with Gasteiger partial charge < -0.3 is 0 Å². The van der Waals surface area contributed by atoms with Gasteiger partial charge >= 0.3 is 0 Å². The van der Waals surface area contributed by atoms with Crippen molar-refractivity contribution >= 4 is 0 Å². The van der Waals surface area contributed by atoms with Crippen molar-refractivity contribution in [1.29, 1.82) is 0 Å². The van der Waals surface area contributed by atoms with Gasteiger partial charge in [-0.1, -0.05) is 6.07 Å². The third-order valence-electron chi connectivity index (χ3n) is 4.18. The summed E-state index contributed by atoms with van der Waals surface area (Å²) in [6, 6.07) is 4.81. The van der Waals surface area contributed by atoms with Crippen molar-refractivity contribution in [3.8, 4) is 0 Å². The molecule has 0 aromatic carbocycles. The Morgan fingerprint density at radius 3 is 2.61 bits per heavy atom. The second-order valence-corrected chi connectivity index (χ2v) is 5.28. The lowest BCUT2D eigenvalue weighted by Crippen LogP contribution is -2.64. The number of hydrogen-bond donors (Lipinski definition) is 2. The van der Waals surface area contributed by atoms with Crippen LogP contribution in [0.25, 0.3) is 0 Å². The van der Waals surface area contributed by atoms with Gasteiger partial charge in [0.1, 0.15) is 0 Å². The van der Waals surface area contributed by atoms with Crippen molar-refractivity contribution in [1.82, 2.24) is 20.2 Å². The molecule has 2 bridgehead atoms. The van der Waals surface area contributed by atoms with E-state index in [2.05, 4.69) is 32.3 Å². The van der Waals surface area contributed by atoms with E-state index in [9.17, 15) is 0 Å². The number of aromatic nitrogens is 1. The quantitative estimate of drug-likeness (QED) is 0.577. The van der Waals surface area contributed by atoms with Crippen molar-refractivity contribution in [2.45, 2.75) is 19.0 Å². The first-order valence-electron chi connectivity index (χ1n) is 6.63. The van der Waals surface area contributed by atoms with E-state index in [-0.39, 0.29) is 6.04 Å². The summed E-state index contributed by atoms with van der Waals surface area (Å²) < 4.78 is 0. The molecule has 2 unspecified atom stereocenters.